The lowest BCUT2D eigenvalue weighted by Gasteiger charge is -2.26. The standard InChI is InChI=1S/C13H21N3O/c1-10-12(11(2)15(3)14-10)9-13(17)16-7-5-4-6-8-16/h4-9H2,1-3H3. The number of hydrogen-bond acceptors (Lipinski definition) is 2. The minimum absolute atomic E-state index is 0.254. The summed E-state index contributed by atoms with van der Waals surface area (Å²) < 4.78 is 1.86. The molecule has 4 nitrogen and oxygen atoms in total. The van der Waals surface area contributed by atoms with Crippen molar-refractivity contribution in [3.63, 3.8) is 0 Å². The second-order valence-corrected chi connectivity index (χ2v) is 4.89. The fourth-order valence-corrected chi connectivity index (χ4v) is 2.48. The highest BCUT2D eigenvalue weighted by Crippen LogP contribution is 2.16. The zero-order valence-corrected chi connectivity index (χ0v) is 11.0. The van der Waals surface area contributed by atoms with Crippen LogP contribution >= 0.6 is 0 Å². The van der Waals surface area contributed by atoms with Gasteiger partial charge in [0.05, 0.1) is 12.1 Å². The molecular formula is C13H21N3O. The monoisotopic (exact) mass is 235 g/mol. The number of amides is 1. The van der Waals surface area contributed by atoms with E-state index in [-0.39, 0.29) is 5.91 Å². The number of aromatic nitrogens is 2. The summed E-state index contributed by atoms with van der Waals surface area (Å²) in [7, 11) is 1.93. The maximum atomic E-state index is 12.2. The summed E-state index contributed by atoms with van der Waals surface area (Å²) in [5.74, 6) is 0.254. The van der Waals surface area contributed by atoms with Crippen molar-refractivity contribution >= 4 is 5.91 Å². The lowest BCUT2D eigenvalue weighted by molar-refractivity contribution is -0.131. The fourth-order valence-electron chi connectivity index (χ4n) is 2.48. The van der Waals surface area contributed by atoms with Gasteiger partial charge in [0.15, 0.2) is 0 Å². The molecule has 1 aliphatic rings. The van der Waals surface area contributed by atoms with Crippen molar-refractivity contribution in [2.45, 2.75) is 39.5 Å². The Labute approximate surface area is 103 Å². The molecule has 2 heterocycles. The van der Waals surface area contributed by atoms with Gasteiger partial charge >= 0.3 is 0 Å². The van der Waals surface area contributed by atoms with Gasteiger partial charge in [0.1, 0.15) is 0 Å². The number of carbonyl (C=O) groups excluding carboxylic acids is 1. The Bertz CT molecular complexity index is 417. The molecule has 0 aromatic carbocycles. The van der Waals surface area contributed by atoms with E-state index < -0.39 is 0 Å². The van der Waals surface area contributed by atoms with Crippen LogP contribution in [-0.4, -0.2) is 33.7 Å². The van der Waals surface area contributed by atoms with Crippen LogP contribution in [0.4, 0.5) is 0 Å². The Morgan fingerprint density at radius 2 is 1.88 bits per heavy atom. The van der Waals surface area contributed by atoms with Crippen LogP contribution in [0.3, 0.4) is 0 Å². The van der Waals surface area contributed by atoms with Crippen LogP contribution < -0.4 is 0 Å². The summed E-state index contributed by atoms with van der Waals surface area (Å²) in [6, 6.07) is 0. The number of nitrogens with zero attached hydrogens (tertiary/aromatic N) is 3. The first-order chi connectivity index (χ1) is 8.09. The number of hydrogen-bond donors (Lipinski definition) is 0. The molecule has 0 radical (unpaired) electrons. The predicted molar refractivity (Wildman–Crippen MR) is 66.8 cm³/mol. The van der Waals surface area contributed by atoms with Gasteiger partial charge in [0, 0.05) is 31.4 Å². The van der Waals surface area contributed by atoms with Crippen molar-refractivity contribution in [1.82, 2.24) is 14.7 Å². The van der Waals surface area contributed by atoms with Crippen LogP contribution in [0.5, 0.6) is 0 Å². The molecular weight excluding hydrogens is 214 g/mol. The van der Waals surface area contributed by atoms with Crippen LogP contribution in [0, 0.1) is 13.8 Å². The van der Waals surface area contributed by atoms with Crippen molar-refractivity contribution in [2.24, 2.45) is 7.05 Å². The van der Waals surface area contributed by atoms with E-state index in [9.17, 15) is 4.79 Å². The second kappa shape index (κ2) is 4.90. The summed E-state index contributed by atoms with van der Waals surface area (Å²) in [5.41, 5.74) is 3.19. The van der Waals surface area contributed by atoms with E-state index in [2.05, 4.69) is 5.10 Å². The average molecular weight is 235 g/mol. The van der Waals surface area contributed by atoms with Gasteiger partial charge in [-0.05, 0) is 33.1 Å². The highest BCUT2D eigenvalue weighted by Gasteiger charge is 2.19. The van der Waals surface area contributed by atoms with Gasteiger partial charge in [-0.2, -0.15) is 5.10 Å². The summed E-state index contributed by atoms with van der Waals surface area (Å²) in [6.45, 7) is 5.86. The molecule has 1 fully saturated rings. The van der Waals surface area contributed by atoms with E-state index in [4.69, 9.17) is 0 Å². The summed E-state index contributed by atoms with van der Waals surface area (Å²) in [6.07, 6.45) is 4.06. The number of aryl methyl sites for hydroxylation is 2. The Morgan fingerprint density at radius 1 is 1.24 bits per heavy atom. The molecule has 0 bridgehead atoms. The molecule has 1 saturated heterocycles. The van der Waals surface area contributed by atoms with Crippen LogP contribution in [0.1, 0.15) is 36.2 Å². The van der Waals surface area contributed by atoms with Gasteiger partial charge in [-0.25, -0.2) is 0 Å². The molecule has 1 aromatic heterocycles. The molecule has 0 unspecified atom stereocenters. The molecule has 1 amide bonds. The molecule has 4 heteroatoms. The van der Waals surface area contributed by atoms with Crippen LogP contribution in [0.25, 0.3) is 0 Å². The van der Waals surface area contributed by atoms with E-state index in [0.29, 0.717) is 6.42 Å². The number of piperidine rings is 1. The minimum atomic E-state index is 0.254. The lowest BCUT2D eigenvalue weighted by Crippen LogP contribution is -2.36. The van der Waals surface area contributed by atoms with Crippen molar-refractivity contribution in [2.75, 3.05) is 13.1 Å². The number of likely N-dealkylation sites (tertiary alicyclic amines) is 1. The zero-order chi connectivity index (χ0) is 12.4. The second-order valence-electron chi connectivity index (χ2n) is 4.89. The topological polar surface area (TPSA) is 38.1 Å². The number of rotatable bonds is 2. The van der Waals surface area contributed by atoms with Gasteiger partial charge in [-0.1, -0.05) is 0 Å². The molecule has 0 aliphatic carbocycles. The third-order valence-electron chi connectivity index (χ3n) is 3.70. The SMILES string of the molecule is Cc1nn(C)c(C)c1CC(=O)N1CCCCC1. The first kappa shape index (κ1) is 12.1. The Hall–Kier alpha value is -1.32. The molecule has 0 N–H and O–H groups in total. The van der Waals surface area contributed by atoms with Crippen molar-refractivity contribution in [3.05, 3.63) is 17.0 Å². The molecule has 94 valence electrons. The summed E-state index contributed by atoms with van der Waals surface area (Å²) in [4.78, 5) is 14.2. The molecule has 0 atom stereocenters. The highest BCUT2D eigenvalue weighted by molar-refractivity contribution is 5.79. The molecule has 2 rings (SSSR count). The van der Waals surface area contributed by atoms with Gasteiger partial charge in [0.2, 0.25) is 5.91 Å². The highest BCUT2D eigenvalue weighted by atomic mass is 16.2. The third kappa shape index (κ3) is 2.51. The normalized spacial score (nSPS) is 16.3. The smallest absolute Gasteiger partial charge is 0.227 e. The number of carbonyl (C=O) groups is 1. The zero-order valence-electron chi connectivity index (χ0n) is 11.0. The molecule has 1 aromatic rings. The molecule has 17 heavy (non-hydrogen) atoms. The van der Waals surface area contributed by atoms with Crippen molar-refractivity contribution < 1.29 is 4.79 Å². The predicted octanol–water partition coefficient (Wildman–Crippen LogP) is 1.59. The maximum absolute atomic E-state index is 12.2. The van der Waals surface area contributed by atoms with Gasteiger partial charge in [-0.3, -0.25) is 9.48 Å². The lowest BCUT2D eigenvalue weighted by atomic mass is 10.1. The van der Waals surface area contributed by atoms with E-state index in [1.165, 1.54) is 6.42 Å². The molecule has 0 saturated carbocycles. The molecule has 1 aliphatic heterocycles. The van der Waals surface area contributed by atoms with Crippen LogP contribution in [0.2, 0.25) is 0 Å². The first-order valence-electron chi connectivity index (χ1n) is 6.36. The van der Waals surface area contributed by atoms with E-state index in [0.717, 1.165) is 42.9 Å². The first-order valence-corrected chi connectivity index (χ1v) is 6.36. The maximum Gasteiger partial charge on any atom is 0.227 e. The Morgan fingerprint density at radius 3 is 2.41 bits per heavy atom. The summed E-state index contributed by atoms with van der Waals surface area (Å²) >= 11 is 0. The van der Waals surface area contributed by atoms with E-state index in [1.807, 2.05) is 30.5 Å². The summed E-state index contributed by atoms with van der Waals surface area (Å²) in [5, 5.41) is 4.35. The van der Waals surface area contributed by atoms with Gasteiger partial charge < -0.3 is 4.90 Å². The van der Waals surface area contributed by atoms with Crippen LogP contribution in [0.15, 0.2) is 0 Å². The molecule has 0 spiro atoms. The largest absolute Gasteiger partial charge is 0.342 e. The van der Waals surface area contributed by atoms with E-state index >= 15 is 0 Å². The Kier molecular flexibility index (Phi) is 3.50. The third-order valence-corrected chi connectivity index (χ3v) is 3.70. The van der Waals surface area contributed by atoms with Gasteiger partial charge in [0.25, 0.3) is 0 Å². The van der Waals surface area contributed by atoms with Crippen molar-refractivity contribution in [1.29, 1.82) is 0 Å². The van der Waals surface area contributed by atoms with E-state index in [1.54, 1.807) is 0 Å². The average Bonchev–Trinajstić information content (AvgIpc) is 2.57. The van der Waals surface area contributed by atoms with Crippen molar-refractivity contribution in [3.8, 4) is 0 Å². The van der Waals surface area contributed by atoms with Gasteiger partial charge in [-0.15, -0.1) is 0 Å². The fraction of sp³-hybridized carbons (Fsp3) is 0.692. The van der Waals surface area contributed by atoms with Crippen LogP contribution in [-0.2, 0) is 18.3 Å². The minimum Gasteiger partial charge on any atom is -0.342 e. The Balaban J connectivity index is 2.07. The quantitative estimate of drug-likeness (QED) is 0.780.